The third kappa shape index (κ3) is 19.5. The van der Waals surface area contributed by atoms with Gasteiger partial charge in [0.05, 0.1) is 5.57 Å². The molecular weight excluding hydrogens is 370 g/mol. The summed E-state index contributed by atoms with van der Waals surface area (Å²) in [5, 5.41) is 8.63. The van der Waals surface area contributed by atoms with Gasteiger partial charge >= 0.3 is 11.9 Å². The van der Waals surface area contributed by atoms with Crippen LogP contribution in [0.3, 0.4) is 0 Å². The summed E-state index contributed by atoms with van der Waals surface area (Å²) in [4.78, 5) is 21.9. The second-order valence-electron chi connectivity index (χ2n) is 6.59. The van der Waals surface area contributed by atoms with E-state index in [2.05, 4.69) is 6.92 Å². The van der Waals surface area contributed by atoms with Gasteiger partial charge < -0.3 is 9.84 Å². The molecule has 0 aromatic heterocycles. The first-order chi connectivity index (χ1) is 11.6. The molecule has 0 rings (SSSR count). The number of carboxylic acids is 1. The number of carboxylic acid groups (broad SMARTS) is 1. The van der Waals surface area contributed by atoms with Crippen LogP contribution in [0.25, 0.3) is 0 Å². The summed E-state index contributed by atoms with van der Waals surface area (Å²) < 4.78 is 4.79. The van der Waals surface area contributed by atoms with Gasteiger partial charge in [0.2, 0.25) is 0 Å². The fourth-order valence-corrected chi connectivity index (χ4v) is 2.55. The maximum Gasteiger partial charge on any atom is 0.334 e. The van der Waals surface area contributed by atoms with E-state index < -0.39 is 5.97 Å². The number of carbonyl (C=O) groups excluding carboxylic acids is 1. The Kier molecular flexibility index (Phi) is 20.8. The van der Waals surface area contributed by atoms with Gasteiger partial charge in [0.25, 0.3) is 0 Å². The smallest absolute Gasteiger partial charge is 0.334 e. The summed E-state index contributed by atoms with van der Waals surface area (Å²) in [7, 11) is 0. The number of hydrogen-bond donors (Lipinski definition) is 1. The Hall–Kier alpha value is -0.697. The quantitative estimate of drug-likeness (QED) is 0.112. The van der Waals surface area contributed by atoms with Gasteiger partial charge in [-0.2, -0.15) is 0 Å². The van der Waals surface area contributed by atoms with E-state index in [-0.39, 0.29) is 31.0 Å². The average Bonchev–Trinajstić information content (AvgIpc) is 2.56. The Morgan fingerprint density at radius 1 is 0.800 bits per heavy atom. The van der Waals surface area contributed by atoms with Crippen molar-refractivity contribution in [1.82, 2.24) is 0 Å². The Balaban J connectivity index is 0. The molecule has 0 aromatic carbocycles. The SMILES string of the molecule is CCCCCCCCCCCCCCCC(=O)OC=C(C)C(=O)O.[Zn]. The molecule has 0 saturated heterocycles. The molecule has 4 nitrogen and oxygen atoms in total. The van der Waals surface area contributed by atoms with Crippen LogP contribution in [0.2, 0.25) is 0 Å². The molecule has 0 amide bonds. The molecule has 0 saturated carbocycles. The van der Waals surface area contributed by atoms with Gasteiger partial charge in [0, 0.05) is 25.9 Å². The molecule has 0 aliphatic rings. The van der Waals surface area contributed by atoms with Crippen LogP contribution in [0.5, 0.6) is 0 Å². The van der Waals surface area contributed by atoms with Gasteiger partial charge in [-0.05, 0) is 13.3 Å². The minimum absolute atomic E-state index is 0. The molecule has 0 fully saturated rings. The molecule has 0 unspecified atom stereocenters. The Morgan fingerprint density at radius 2 is 1.20 bits per heavy atom. The van der Waals surface area contributed by atoms with E-state index in [1.165, 1.54) is 71.1 Å². The molecule has 5 heteroatoms. The van der Waals surface area contributed by atoms with Crippen molar-refractivity contribution in [1.29, 1.82) is 0 Å². The van der Waals surface area contributed by atoms with E-state index in [0.29, 0.717) is 6.42 Å². The van der Waals surface area contributed by atoms with Crippen LogP contribution in [0.4, 0.5) is 0 Å². The van der Waals surface area contributed by atoms with Crippen molar-refractivity contribution in [3.63, 3.8) is 0 Å². The molecule has 0 bridgehead atoms. The maximum atomic E-state index is 11.4. The van der Waals surface area contributed by atoms with Crippen molar-refractivity contribution in [2.75, 3.05) is 0 Å². The summed E-state index contributed by atoms with van der Waals surface area (Å²) >= 11 is 0. The van der Waals surface area contributed by atoms with Crippen molar-refractivity contribution < 1.29 is 38.9 Å². The molecule has 1 N–H and O–H groups in total. The zero-order chi connectivity index (χ0) is 18.0. The maximum absolute atomic E-state index is 11.4. The number of esters is 1. The van der Waals surface area contributed by atoms with Gasteiger partial charge in [-0.25, -0.2) is 4.79 Å². The number of unbranched alkanes of at least 4 members (excludes halogenated alkanes) is 12. The first-order valence-corrected chi connectivity index (χ1v) is 9.67. The minimum Gasteiger partial charge on any atom is -0.478 e. The normalized spacial score (nSPS) is 11.0. The van der Waals surface area contributed by atoms with E-state index >= 15 is 0 Å². The van der Waals surface area contributed by atoms with Crippen molar-refractivity contribution >= 4 is 11.9 Å². The van der Waals surface area contributed by atoms with Crippen molar-refractivity contribution in [2.24, 2.45) is 0 Å². The Labute approximate surface area is 166 Å². The summed E-state index contributed by atoms with van der Waals surface area (Å²) in [6, 6.07) is 0. The second kappa shape index (κ2) is 19.6. The standard InChI is InChI=1S/C20H36O4.Zn/c1-3-4-5-6-7-8-9-10-11-12-13-14-15-16-19(21)24-17-18(2)20(22)23;/h17H,3-16H2,1-2H3,(H,22,23);. The van der Waals surface area contributed by atoms with Gasteiger partial charge in [0.15, 0.2) is 0 Å². The average molecular weight is 406 g/mol. The number of hydrogen-bond acceptors (Lipinski definition) is 3. The van der Waals surface area contributed by atoms with Crippen LogP contribution in [-0.4, -0.2) is 17.0 Å². The zero-order valence-corrected chi connectivity index (χ0v) is 19.3. The molecule has 0 radical (unpaired) electrons. The molecule has 0 heterocycles. The topological polar surface area (TPSA) is 63.6 Å². The Bertz CT molecular complexity index is 367. The summed E-state index contributed by atoms with van der Waals surface area (Å²) in [5.41, 5.74) is 0.0358. The van der Waals surface area contributed by atoms with Crippen molar-refractivity contribution in [2.45, 2.75) is 104 Å². The molecule has 0 aromatic rings. The number of rotatable bonds is 16. The second-order valence-corrected chi connectivity index (χ2v) is 6.59. The Morgan fingerprint density at radius 3 is 1.60 bits per heavy atom. The van der Waals surface area contributed by atoms with Crippen LogP contribution >= 0.6 is 0 Å². The molecule has 0 aliphatic heterocycles. The summed E-state index contributed by atoms with van der Waals surface area (Å²) in [5.74, 6) is -1.41. The molecule has 0 spiro atoms. The van der Waals surface area contributed by atoms with E-state index in [1.54, 1.807) is 0 Å². The minimum atomic E-state index is -1.07. The van der Waals surface area contributed by atoms with Crippen LogP contribution < -0.4 is 0 Å². The largest absolute Gasteiger partial charge is 0.478 e. The first kappa shape index (κ1) is 26.5. The summed E-state index contributed by atoms with van der Waals surface area (Å²) in [6.07, 6.45) is 17.9. The fourth-order valence-electron chi connectivity index (χ4n) is 2.55. The predicted octanol–water partition coefficient (Wildman–Crippen LogP) is 6.00. The van der Waals surface area contributed by atoms with Gasteiger partial charge in [0.1, 0.15) is 6.26 Å². The molecule has 0 aliphatic carbocycles. The summed E-state index contributed by atoms with van der Waals surface area (Å²) in [6.45, 7) is 3.65. The van der Waals surface area contributed by atoms with Gasteiger partial charge in [-0.3, -0.25) is 4.79 Å². The number of carbonyl (C=O) groups is 2. The fraction of sp³-hybridized carbons (Fsp3) is 0.800. The van der Waals surface area contributed by atoms with Crippen molar-refractivity contribution in [3.05, 3.63) is 11.8 Å². The number of ether oxygens (including phenoxy) is 1. The molecule has 142 valence electrons. The monoisotopic (exact) mass is 404 g/mol. The van der Waals surface area contributed by atoms with E-state index in [9.17, 15) is 9.59 Å². The van der Waals surface area contributed by atoms with E-state index in [0.717, 1.165) is 25.5 Å². The van der Waals surface area contributed by atoms with Crippen LogP contribution in [0, 0.1) is 0 Å². The van der Waals surface area contributed by atoms with E-state index in [4.69, 9.17) is 9.84 Å². The third-order valence-corrected chi connectivity index (χ3v) is 4.19. The van der Waals surface area contributed by atoms with Gasteiger partial charge in [-0.1, -0.05) is 84.0 Å². The molecule has 25 heavy (non-hydrogen) atoms. The molecular formula is C20H36O4Zn. The first-order valence-electron chi connectivity index (χ1n) is 9.67. The van der Waals surface area contributed by atoms with Crippen LogP contribution in [0.15, 0.2) is 11.8 Å². The van der Waals surface area contributed by atoms with Crippen LogP contribution in [-0.2, 0) is 33.8 Å². The van der Waals surface area contributed by atoms with E-state index in [1.807, 2.05) is 0 Å². The zero-order valence-electron chi connectivity index (χ0n) is 16.4. The van der Waals surface area contributed by atoms with Gasteiger partial charge in [-0.15, -0.1) is 0 Å². The van der Waals surface area contributed by atoms with Crippen LogP contribution in [0.1, 0.15) is 104 Å². The van der Waals surface area contributed by atoms with Crippen molar-refractivity contribution in [3.8, 4) is 0 Å². The third-order valence-electron chi connectivity index (χ3n) is 4.19. The molecule has 0 atom stereocenters. The predicted molar refractivity (Wildman–Crippen MR) is 97.8 cm³/mol. The number of aliphatic carboxylic acids is 1.